The van der Waals surface area contributed by atoms with Crippen molar-refractivity contribution in [3.63, 3.8) is 0 Å². The number of amides is 2. The highest BCUT2D eigenvalue weighted by molar-refractivity contribution is 9.10. The summed E-state index contributed by atoms with van der Waals surface area (Å²) in [6.07, 6.45) is 0.961. The number of aryl methyl sites for hydroxylation is 1. The fraction of sp³-hybridized carbons (Fsp3) is 0.353. The molecule has 11 heteroatoms. The Bertz CT molecular complexity index is 1680. The Kier molecular flexibility index (Phi) is 11.2. The molecule has 5 rings (SSSR count). The quantitative estimate of drug-likeness (QED) is 0.126. The van der Waals surface area contributed by atoms with Crippen LogP contribution in [0.3, 0.4) is 0 Å². The molecule has 2 amide bonds. The maximum absolute atomic E-state index is 13.7. The van der Waals surface area contributed by atoms with Gasteiger partial charge in [-0.15, -0.1) is 0 Å². The predicted octanol–water partition coefficient (Wildman–Crippen LogP) is 5.23. The number of guanidine groups is 1. The van der Waals surface area contributed by atoms with Crippen LogP contribution in [-0.2, 0) is 4.79 Å². The van der Waals surface area contributed by atoms with E-state index in [1.54, 1.807) is 0 Å². The van der Waals surface area contributed by atoms with Gasteiger partial charge in [0, 0.05) is 53.5 Å². The molecule has 45 heavy (non-hydrogen) atoms. The summed E-state index contributed by atoms with van der Waals surface area (Å²) in [6, 6.07) is 21.1. The van der Waals surface area contributed by atoms with Crippen molar-refractivity contribution in [2.45, 2.75) is 52.6 Å². The van der Waals surface area contributed by atoms with Gasteiger partial charge >= 0.3 is 0 Å². The standard InChI is InChI=1S/C32H37BrN8O2.C2H6/c1-20-7-5-8-23(17-20)40-16-15-39(19-21(40)2)31(43)22-12-13-27-26(18-22)38-30(24-9-3-4-10-25(24)33)41(27)28(29(34)42)11-6-14-37-32(35)36;1-2/h3-5,7-10,12-13,17-18,21,28H,6,11,14-16,19H2,1-2H3,(H2,34,42)(H4,35,36,37);1-2H3. The number of piperazine rings is 1. The molecule has 2 atom stereocenters. The summed E-state index contributed by atoms with van der Waals surface area (Å²) < 4.78 is 2.69. The number of carbonyl (C=O) groups excluding carboxylic acids is 2. The van der Waals surface area contributed by atoms with E-state index in [-0.39, 0.29) is 17.9 Å². The van der Waals surface area contributed by atoms with E-state index in [9.17, 15) is 9.59 Å². The molecule has 3 aromatic carbocycles. The first-order chi connectivity index (χ1) is 21.6. The molecule has 1 aliphatic heterocycles. The fourth-order valence-corrected chi connectivity index (χ4v) is 6.25. The number of nitrogens with zero attached hydrogens (tertiary/aromatic N) is 5. The van der Waals surface area contributed by atoms with Crippen molar-refractivity contribution in [2.24, 2.45) is 22.2 Å². The Labute approximate surface area is 273 Å². The van der Waals surface area contributed by atoms with E-state index in [1.807, 2.05) is 65.8 Å². The molecular weight excluding hydrogens is 632 g/mol. The van der Waals surface area contributed by atoms with Gasteiger partial charge in [0.1, 0.15) is 11.9 Å². The monoisotopic (exact) mass is 674 g/mol. The van der Waals surface area contributed by atoms with Crippen LogP contribution in [0.25, 0.3) is 22.4 Å². The highest BCUT2D eigenvalue weighted by Gasteiger charge is 2.29. The van der Waals surface area contributed by atoms with Crippen LogP contribution < -0.4 is 22.1 Å². The van der Waals surface area contributed by atoms with E-state index >= 15 is 0 Å². The van der Waals surface area contributed by atoms with Crippen molar-refractivity contribution < 1.29 is 9.59 Å². The molecule has 2 heterocycles. The zero-order chi connectivity index (χ0) is 32.7. The Morgan fingerprint density at radius 2 is 1.78 bits per heavy atom. The molecular formula is C34H43BrN8O2. The SMILES string of the molecule is CC.Cc1cccc(N2CCN(C(=O)c3ccc4c(c3)nc(-c3ccccc3Br)n4C(CCCN=C(N)N)C(N)=O)CC2C)c1. The molecule has 238 valence electrons. The minimum absolute atomic E-state index is 0.000720. The van der Waals surface area contributed by atoms with Gasteiger partial charge in [0.15, 0.2) is 5.96 Å². The topological polar surface area (TPSA) is 149 Å². The number of benzene rings is 3. The van der Waals surface area contributed by atoms with E-state index in [1.165, 1.54) is 11.3 Å². The maximum atomic E-state index is 13.7. The van der Waals surface area contributed by atoms with Crippen molar-refractivity contribution >= 4 is 50.4 Å². The molecule has 4 aromatic rings. The summed E-state index contributed by atoms with van der Waals surface area (Å²) in [5.74, 6) is 0.0510. The first kappa shape index (κ1) is 33.5. The van der Waals surface area contributed by atoms with Crippen LogP contribution in [0.2, 0.25) is 0 Å². The molecule has 1 aromatic heterocycles. The van der Waals surface area contributed by atoms with Crippen molar-refractivity contribution in [3.8, 4) is 11.4 Å². The minimum atomic E-state index is -0.696. The second kappa shape index (κ2) is 15.1. The zero-order valence-corrected chi connectivity index (χ0v) is 28.0. The van der Waals surface area contributed by atoms with Crippen molar-refractivity contribution in [2.75, 3.05) is 31.1 Å². The fourth-order valence-electron chi connectivity index (χ4n) is 5.79. The van der Waals surface area contributed by atoms with Crippen molar-refractivity contribution in [3.05, 3.63) is 82.3 Å². The predicted molar refractivity (Wildman–Crippen MR) is 186 cm³/mol. The van der Waals surface area contributed by atoms with Crippen LogP contribution in [0, 0.1) is 6.92 Å². The molecule has 2 unspecified atom stereocenters. The van der Waals surface area contributed by atoms with Crippen LogP contribution in [0.5, 0.6) is 0 Å². The molecule has 6 N–H and O–H groups in total. The zero-order valence-electron chi connectivity index (χ0n) is 26.4. The molecule has 0 radical (unpaired) electrons. The number of carbonyl (C=O) groups is 2. The number of primary amides is 1. The lowest BCUT2D eigenvalue weighted by Gasteiger charge is -2.41. The third-order valence-corrected chi connectivity index (χ3v) is 8.56. The first-order valence-electron chi connectivity index (χ1n) is 15.4. The first-order valence-corrected chi connectivity index (χ1v) is 16.2. The highest BCUT2D eigenvalue weighted by Crippen LogP contribution is 2.35. The summed E-state index contributed by atoms with van der Waals surface area (Å²) in [7, 11) is 0. The largest absolute Gasteiger partial charge is 0.370 e. The average Bonchev–Trinajstić information content (AvgIpc) is 3.39. The average molecular weight is 676 g/mol. The lowest BCUT2D eigenvalue weighted by atomic mass is 10.1. The molecule has 0 spiro atoms. The van der Waals surface area contributed by atoms with Gasteiger partial charge in [-0.1, -0.05) is 60.1 Å². The normalized spacial score (nSPS) is 15.3. The molecule has 1 saturated heterocycles. The Balaban J connectivity index is 0.00000226. The lowest BCUT2D eigenvalue weighted by molar-refractivity contribution is -0.121. The molecule has 1 fully saturated rings. The molecule has 10 nitrogen and oxygen atoms in total. The number of hydrogen-bond acceptors (Lipinski definition) is 5. The number of anilines is 1. The Morgan fingerprint density at radius 1 is 1.02 bits per heavy atom. The molecule has 0 bridgehead atoms. The van der Waals surface area contributed by atoms with Gasteiger partial charge in [0.25, 0.3) is 5.91 Å². The Morgan fingerprint density at radius 3 is 2.44 bits per heavy atom. The van der Waals surface area contributed by atoms with E-state index in [0.717, 1.165) is 16.6 Å². The van der Waals surface area contributed by atoms with Gasteiger partial charge in [-0.3, -0.25) is 14.6 Å². The highest BCUT2D eigenvalue weighted by atomic mass is 79.9. The second-order valence-electron chi connectivity index (χ2n) is 11.0. The van der Waals surface area contributed by atoms with Crippen LogP contribution in [-0.4, -0.2) is 64.4 Å². The lowest BCUT2D eigenvalue weighted by Crippen LogP contribution is -2.53. The van der Waals surface area contributed by atoms with Gasteiger partial charge in [-0.05, 0) is 68.7 Å². The van der Waals surface area contributed by atoms with Crippen molar-refractivity contribution in [1.82, 2.24) is 14.5 Å². The molecule has 0 aliphatic carbocycles. The number of nitrogens with two attached hydrogens (primary N) is 3. The number of rotatable bonds is 9. The summed E-state index contributed by atoms with van der Waals surface area (Å²) in [5, 5.41) is 0. The Hall–Kier alpha value is -4.38. The number of aromatic nitrogens is 2. The number of halogens is 1. The van der Waals surface area contributed by atoms with Crippen LogP contribution >= 0.6 is 15.9 Å². The summed E-state index contributed by atoms with van der Waals surface area (Å²) >= 11 is 3.63. The number of fused-ring (bicyclic) bond motifs is 1. The number of imidazole rings is 1. The van der Waals surface area contributed by atoms with Crippen LogP contribution in [0.1, 0.15) is 55.6 Å². The number of aliphatic imine (C=N–C) groups is 1. The van der Waals surface area contributed by atoms with Crippen molar-refractivity contribution in [1.29, 1.82) is 0 Å². The van der Waals surface area contributed by atoms with Crippen LogP contribution in [0.15, 0.2) is 76.2 Å². The smallest absolute Gasteiger partial charge is 0.254 e. The third-order valence-electron chi connectivity index (χ3n) is 7.87. The molecule has 1 aliphatic rings. The number of hydrogen-bond donors (Lipinski definition) is 3. The van der Waals surface area contributed by atoms with Gasteiger partial charge in [0.2, 0.25) is 5.91 Å². The van der Waals surface area contributed by atoms with Gasteiger partial charge in [-0.2, -0.15) is 0 Å². The summed E-state index contributed by atoms with van der Waals surface area (Å²) in [6.45, 7) is 10.6. The second-order valence-corrected chi connectivity index (χ2v) is 11.8. The third kappa shape index (κ3) is 7.65. The minimum Gasteiger partial charge on any atom is -0.370 e. The van der Waals surface area contributed by atoms with Gasteiger partial charge in [0.05, 0.1) is 11.0 Å². The van der Waals surface area contributed by atoms with Gasteiger partial charge < -0.3 is 31.6 Å². The maximum Gasteiger partial charge on any atom is 0.254 e. The van der Waals surface area contributed by atoms with E-state index in [2.05, 4.69) is 63.9 Å². The summed E-state index contributed by atoms with van der Waals surface area (Å²) in [4.78, 5) is 39.8. The van der Waals surface area contributed by atoms with E-state index in [4.69, 9.17) is 22.2 Å². The van der Waals surface area contributed by atoms with Gasteiger partial charge in [-0.25, -0.2) is 4.98 Å². The van der Waals surface area contributed by atoms with E-state index < -0.39 is 11.9 Å². The summed E-state index contributed by atoms with van der Waals surface area (Å²) in [5.41, 5.74) is 22.0. The van der Waals surface area contributed by atoms with Crippen LogP contribution in [0.4, 0.5) is 5.69 Å². The van der Waals surface area contributed by atoms with E-state index in [0.29, 0.717) is 54.9 Å². The molecule has 0 saturated carbocycles.